The monoisotopic (exact) mass is 554 g/mol. The number of carbonyl (C=O) groups excluding carboxylic acids is 4. The molecule has 1 fully saturated rings. The van der Waals surface area contributed by atoms with Crippen LogP contribution in [0.4, 0.5) is 9.59 Å². The summed E-state index contributed by atoms with van der Waals surface area (Å²) in [5.74, 6) is -0.821. The molecular weight excluding hydrogens is 516 g/mol. The average molecular weight is 555 g/mol. The van der Waals surface area contributed by atoms with Crippen molar-refractivity contribution in [1.82, 2.24) is 20.9 Å². The number of amides is 4. The van der Waals surface area contributed by atoms with Crippen molar-refractivity contribution >= 4 is 24.0 Å². The van der Waals surface area contributed by atoms with Crippen molar-refractivity contribution in [3.63, 3.8) is 0 Å². The smallest absolute Gasteiger partial charge is 0.408 e. The highest BCUT2D eigenvalue weighted by atomic mass is 16.6. The fraction of sp³-hybridized carbons (Fsp3) is 0.448. The lowest BCUT2D eigenvalue weighted by Crippen LogP contribution is -2.53. The molecular formula is C29H38N4O7. The van der Waals surface area contributed by atoms with Crippen LogP contribution in [0.15, 0.2) is 60.7 Å². The largest absolute Gasteiger partial charge is 0.445 e. The Labute approximate surface area is 234 Å². The van der Waals surface area contributed by atoms with E-state index in [1.165, 1.54) is 11.8 Å². The quantitative estimate of drug-likeness (QED) is 0.333. The average Bonchev–Trinajstić information content (AvgIpc) is 3.30. The molecule has 4 N–H and O–H groups in total. The molecule has 11 heteroatoms. The maximum atomic E-state index is 13.1. The first-order chi connectivity index (χ1) is 19.1. The maximum absolute atomic E-state index is 13.1. The first kappa shape index (κ1) is 30.4. The van der Waals surface area contributed by atoms with E-state index in [-0.39, 0.29) is 32.2 Å². The molecule has 0 aromatic heterocycles. The molecule has 1 heterocycles. The lowest BCUT2D eigenvalue weighted by atomic mass is 10.0. The Hall–Kier alpha value is -4.12. The van der Waals surface area contributed by atoms with E-state index in [0.29, 0.717) is 6.42 Å². The predicted octanol–water partition coefficient (Wildman–Crippen LogP) is 2.33. The Morgan fingerprint density at radius 3 is 1.90 bits per heavy atom. The van der Waals surface area contributed by atoms with Gasteiger partial charge in [0.15, 0.2) is 0 Å². The SMILES string of the molecule is CC(C)C[C@H](NC(=O)OCc1ccccc1)C(=O)NC1CN(C(=O)[C@H](C)NC(=O)OCc2ccccc2)CC1O. The van der Waals surface area contributed by atoms with Crippen LogP contribution in [0.5, 0.6) is 0 Å². The van der Waals surface area contributed by atoms with E-state index < -0.39 is 48.2 Å². The summed E-state index contributed by atoms with van der Waals surface area (Å²) < 4.78 is 10.4. The van der Waals surface area contributed by atoms with E-state index >= 15 is 0 Å². The summed E-state index contributed by atoms with van der Waals surface area (Å²) in [6.07, 6.45) is -2.14. The van der Waals surface area contributed by atoms with E-state index in [1.54, 1.807) is 0 Å². The Morgan fingerprint density at radius 1 is 0.850 bits per heavy atom. The molecule has 0 radical (unpaired) electrons. The van der Waals surface area contributed by atoms with E-state index in [4.69, 9.17) is 9.47 Å². The zero-order valence-electron chi connectivity index (χ0n) is 23.0. The fourth-order valence-corrected chi connectivity index (χ4v) is 4.28. The van der Waals surface area contributed by atoms with Crippen molar-refractivity contribution < 1.29 is 33.8 Å². The number of carbonyl (C=O) groups is 4. The summed E-state index contributed by atoms with van der Waals surface area (Å²) in [6.45, 7) is 5.51. The van der Waals surface area contributed by atoms with Gasteiger partial charge in [-0.2, -0.15) is 0 Å². The summed E-state index contributed by atoms with van der Waals surface area (Å²) in [5, 5.41) is 18.4. The highest BCUT2D eigenvalue weighted by Crippen LogP contribution is 2.14. The number of ether oxygens (including phenoxy) is 2. The fourth-order valence-electron chi connectivity index (χ4n) is 4.28. The Balaban J connectivity index is 1.48. The number of nitrogens with zero attached hydrogens (tertiary/aromatic N) is 1. The van der Waals surface area contributed by atoms with Gasteiger partial charge < -0.3 is 35.4 Å². The molecule has 1 saturated heterocycles. The van der Waals surface area contributed by atoms with Gasteiger partial charge in [0.1, 0.15) is 25.3 Å². The number of likely N-dealkylation sites (tertiary alicyclic amines) is 1. The highest BCUT2D eigenvalue weighted by Gasteiger charge is 2.38. The van der Waals surface area contributed by atoms with E-state index in [9.17, 15) is 24.3 Å². The van der Waals surface area contributed by atoms with Gasteiger partial charge in [0.05, 0.1) is 12.1 Å². The van der Waals surface area contributed by atoms with Crippen molar-refractivity contribution in [2.45, 2.75) is 64.6 Å². The second-order valence-corrected chi connectivity index (χ2v) is 10.2. The van der Waals surface area contributed by atoms with Gasteiger partial charge in [-0.1, -0.05) is 74.5 Å². The molecule has 0 saturated carbocycles. The van der Waals surface area contributed by atoms with Gasteiger partial charge in [-0.3, -0.25) is 9.59 Å². The molecule has 0 spiro atoms. The Bertz CT molecular complexity index is 1130. The third-order valence-corrected chi connectivity index (χ3v) is 6.37. The molecule has 40 heavy (non-hydrogen) atoms. The first-order valence-electron chi connectivity index (χ1n) is 13.3. The van der Waals surface area contributed by atoms with Crippen LogP contribution in [0.3, 0.4) is 0 Å². The van der Waals surface area contributed by atoms with Crippen molar-refractivity contribution in [1.29, 1.82) is 0 Å². The topological polar surface area (TPSA) is 146 Å². The van der Waals surface area contributed by atoms with Gasteiger partial charge in [-0.05, 0) is 30.4 Å². The molecule has 2 aromatic rings. The molecule has 0 bridgehead atoms. The van der Waals surface area contributed by atoms with E-state index in [0.717, 1.165) is 11.1 Å². The second kappa shape index (κ2) is 14.9. The minimum absolute atomic E-state index is 0.0176. The molecule has 216 valence electrons. The molecule has 1 aliphatic heterocycles. The second-order valence-electron chi connectivity index (χ2n) is 10.2. The van der Waals surface area contributed by atoms with Crippen molar-refractivity contribution in [2.75, 3.05) is 13.1 Å². The third kappa shape index (κ3) is 9.57. The zero-order valence-corrected chi connectivity index (χ0v) is 23.0. The molecule has 3 rings (SSSR count). The van der Waals surface area contributed by atoms with Gasteiger partial charge in [0.2, 0.25) is 11.8 Å². The lowest BCUT2D eigenvalue weighted by Gasteiger charge is -2.24. The van der Waals surface area contributed by atoms with Crippen LogP contribution < -0.4 is 16.0 Å². The van der Waals surface area contributed by atoms with Crippen LogP contribution >= 0.6 is 0 Å². The van der Waals surface area contributed by atoms with Gasteiger partial charge in [-0.25, -0.2) is 9.59 Å². The van der Waals surface area contributed by atoms with Gasteiger partial charge in [0, 0.05) is 13.1 Å². The van der Waals surface area contributed by atoms with Crippen LogP contribution in [-0.4, -0.2) is 71.3 Å². The van der Waals surface area contributed by atoms with E-state index in [1.807, 2.05) is 74.5 Å². The number of hydrogen-bond acceptors (Lipinski definition) is 7. The summed E-state index contributed by atoms with van der Waals surface area (Å²) in [7, 11) is 0. The Morgan fingerprint density at radius 2 is 1.38 bits per heavy atom. The summed E-state index contributed by atoms with van der Waals surface area (Å²) in [6, 6.07) is 15.8. The summed E-state index contributed by atoms with van der Waals surface area (Å²) in [4.78, 5) is 51.9. The number of β-amino-alcohol motifs (C(OH)–C–C–N with tert-alkyl or cyclic N) is 1. The molecule has 2 unspecified atom stereocenters. The number of rotatable bonds is 11. The minimum Gasteiger partial charge on any atom is -0.445 e. The summed E-state index contributed by atoms with van der Waals surface area (Å²) in [5.41, 5.74) is 1.63. The molecule has 4 amide bonds. The van der Waals surface area contributed by atoms with E-state index in [2.05, 4.69) is 16.0 Å². The summed E-state index contributed by atoms with van der Waals surface area (Å²) >= 11 is 0. The van der Waals surface area contributed by atoms with Crippen LogP contribution in [0.1, 0.15) is 38.3 Å². The maximum Gasteiger partial charge on any atom is 0.408 e. The van der Waals surface area contributed by atoms with Crippen LogP contribution in [-0.2, 0) is 32.3 Å². The number of aliphatic hydroxyl groups excluding tert-OH is 1. The van der Waals surface area contributed by atoms with Crippen molar-refractivity contribution in [3.05, 3.63) is 71.8 Å². The van der Waals surface area contributed by atoms with Crippen molar-refractivity contribution in [2.24, 2.45) is 5.92 Å². The van der Waals surface area contributed by atoms with Crippen LogP contribution in [0.25, 0.3) is 0 Å². The standard InChI is InChI=1S/C29H38N4O7/c1-19(2)14-23(32-29(38)40-18-22-12-8-5-9-13-22)26(35)31-24-15-33(16-25(24)34)27(36)20(3)30-28(37)39-17-21-10-6-4-7-11-21/h4-13,19-20,23-25,34H,14-18H2,1-3H3,(H,30,37)(H,31,35)(H,32,38)/t20-,23-,24?,25?/m0/s1. The van der Waals surface area contributed by atoms with Gasteiger partial charge in [0.25, 0.3) is 0 Å². The third-order valence-electron chi connectivity index (χ3n) is 6.37. The number of alkyl carbamates (subject to hydrolysis) is 2. The van der Waals surface area contributed by atoms with Gasteiger partial charge >= 0.3 is 12.2 Å². The highest BCUT2D eigenvalue weighted by molar-refractivity contribution is 5.87. The first-order valence-corrected chi connectivity index (χ1v) is 13.3. The molecule has 4 atom stereocenters. The van der Waals surface area contributed by atoms with Crippen molar-refractivity contribution in [3.8, 4) is 0 Å². The molecule has 0 aliphatic carbocycles. The predicted molar refractivity (Wildman–Crippen MR) is 147 cm³/mol. The van der Waals surface area contributed by atoms with Gasteiger partial charge in [-0.15, -0.1) is 0 Å². The lowest BCUT2D eigenvalue weighted by molar-refractivity contribution is -0.132. The number of benzene rings is 2. The zero-order chi connectivity index (χ0) is 29.1. The minimum atomic E-state index is -1.02. The Kier molecular flexibility index (Phi) is 11.3. The molecule has 1 aliphatic rings. The molecule has 2 aromatic carbocycles. The number of hydrogen-bond donors (Lipinski definition) is 4. The number of aliphatic hydroxyl groups is 1. The normalized spacial score (nSPS) is 18.0. The van der Waals surface area contributed by atoms with Crippen LogP contribution in [0.2, 0.25) is 0 Å². The van der Waals surface area contributed by atoms with Crippen LogP contribution in [0, 0.1) is 5.92 Å². The number of nitrogens with one attached hydrogen (secondary N) is 3. The molecule has 11 nitrogen and oxygen atoms in total.